The third-order valence-electron chi connectivity index (χ3n) is 6.25. The minimum atomic E-state index is -0.151. The Morgan fingerprint density at radius 1 is 1.22 bits per heavy atom. The Morgan fingerprint density at radius 2 is 2.03 bits per heavy atom. The molecule has 0 saturated carbocycles. The lowest BCUT2D eigenvalue weighted by atomic mass is 9.75. The molecule has 0 fully saturated rings. The van der Waals surface area contributed by atoms with Gasteiger partial charge in [0.05, 0.1) is 12.6 Å². The summed E-state index contributed by atoms with van der Waals surface area (Å²) in [5, 5.41) is 9.68. The van der Waals surface area contributed by atoms with Gasteiger partial charge in [-0.05, 0) is 45.4 Å². The summed E-state index contributed by atoms with van der Waals surface area (Å²) in [5.74, 6) is 2.40. The van der Waals surface area contributed by atoms with E-state index in [2.05, 4.69) is 66.2 Å². The molecule has 1 aromatic heterocycles. The first kappa shape index (κ1) is 21.2. The third-order valence-corrected chi connectivity index (χ3v) is 7.16. The van der Waals surface area contributed by atoms with E-state index in [0.29, 0.717) is 30.1 Å². The zero-order valence-electron chi connectivity index (χ0n) is 18.9. The lowest BCUT2D eigenvalue weighted by Crippen LogP contribution is -2.56. The SMILES string of the molecule is CCOC1=CC2C(C)=CC(C)(C)N3COc4nc(SCc5ccccc5)nnc4C(=C1)C23. The number of hydrogen-bond acceptors (Lipinski definition) is 7. The van der Waals surface area contributed by atoms with Crippen molar-refractivity contribution in [3.8, 4) is 5.88 Å². The van der Waals surface area contributed by atoms with E-state index in [0.717, 1.165) is 17.1 Å². The maximum atomic E-state index is 6.25. The fourth-order valence-corrected chi connectivity index (χ4v) is 5.52. The summed E-state index contributed by atoms with van der Waals surface area (Å²) in [5.41, 5.74) is 4.18. The van der Waals surface area contributed by atoms with Gasteiger partial charge in [-0.1, -0.05) is 53.7 Å². The van der Waals surface area contributed by atoms with Crippen LogP contribution in [-0.4, -0.2) is 45.0 Å². The van der Waals surface area contributed by atoms with Crippen LogP contribution < -0.4 is 4.74 Å². The van der Waals surface area contributed by atoms with Crippen LogP contribution in [0.1, 0.15) is 39.0 Å². The second-order valence-electron chi connectivity index (χ2n) is 8.88. The maximum Gasteiger partial charge on any atom is 0.246 e. The van der Waals surface area contributed by atoms with Crippen molar-refractivity contribution in [2.75, 3.05) is 13.3 Å². The van der Waals surface area contributed by atoms with Gasteiger partial charge in [-0.25, -0.2) is 0 Å². The summed E-state index contributed by atoms with van der Waals surface area (Å²) >= 11 is 1.57. The Labute approximate surface area is 193 Å². The molecule has 5 rings (SSSR count). The lowest BCUT2D eigenvalue weighted by Gasteiger charge is -2.49. The van der Waals surface area contributed by atoms with E-state index >= 15 is 0 Å². The van der Waals surface area contributed by atoms with Crippen molar-refractivity contribution < 1.29 is 9.47 Å². The molecular weight excluding hydrogens is 420 g/mol. The number of thioether (sulfide) groups is 1. The molecule has 0 radical (unpaired) electrons. The zero-order chi connectivity index (χ0) is 22.3. The average molecular weight is 449 g/mol. The number of nitrogens with zero attached hydrogens (tertiary/aromatic N) is 4. The number of ether oxygens (including phenoxy) is 2. The molecule has 0 saturated heterocycles. The fourth-order valence-electron chi connectivity index (χ4n) is 4.79. The normalized spacial score (nSPS) is 23.6. The van der Waals surface area contributed by atoms with Gasteiger partial charge in [0.1, 0.15) is 12.5 Å². The molecule has 2 unspecified atom stereocenters. The molecule has 0 amide bonds. The molecule has 1 aromatic carbocycles. The topological polar surface area (TPSA) is 60.4 Å². The molecule has 1 aliphatic carbocycles. The van der Waals surface area contributed by atoms with Crippen LogP contribution in [0.5, 0.6) is 5.88 Å². The monoisotopic (exact) mass is 448 g/mol. The maximum absolute atomic E-state index is 6.25. The second kappa shape index (κ2) is 8.37. The summed E-state index contributed by atoms with van der Waals surface area (Å²) in [4.78, 5) is 7.14. The van der Waals surface area contributed by atoms with Crippen LogP contribution in [0, 0.1) is 5.92 Å². The second-order valence-corrected chi connectivity index (χ2v) is 9.82. The summed E-state index contributed by atoms with van der Waals surface area (Å²) in [6, 6.07) is 10.4. The highest BCUT2D eigenvalue weighted by Gasteiger charge is 2.47. The quantitative estimate of drug-likeness (QED) is 0.478. The molecule has 0 bridgehead atoms. The van der Waals surface area contributed by atoms with Gasteiger partial charge in [0.25, 0.3) is 0 Å². The van der Waals surface area contributed by atoms with Crippen LogP contribution >= 0.6 is 11.8 Å². The minimum absolute atomic E-state index is 0.111. The first-order chi connectivity index (χ1) is 15.5. The Balaban J connectivity index is 1.52. The molecule has 2 aromatic rings. The highest BCUT2D eigenvalue weighted by molar-refractivity contribution is 7.98. The predicted molar refractivity (Wildman–Crippen MR) is 126 cm³/mol. The molecule has 7 heteroatoms. The van der Waals surface area contributed by atoms with E-state index in [1.165, 1.54) is 11.1 Å². The van der Waals surface area contributed by atoms with Crippen molar-refractivity contribution in [3.05, 3.63) is 71.1 Å². The van der Waals surface area contributed by atoms with E-state index in [-0.39, 0.29) is 17.5 Å². The van der Waals surface area contributed by atoms with Gasteiger partial charge >= 0.3 is 0 Å². The molecule has 2 aliphatic heterocycles. The molecule has 3 aliphatic rings. The van der Waals surface area contributed by atoms with Crippen molar-refractivity contribution in [2.24, 2.45) is 5.92 Å². The van der Waals surface area contributed by atoms with Crippen LogP contribution in [-0.2, 0) is 10.5 Å². The zero-order valence-corrected chi connectivity index (χ0v) is 19.7. The van der Waals surface area contributed by atoms with Gasteiger partial charge < -0.3 is 9.47 Å². The number of hydrogen-bond donors (Lipinski definition) is 0. The average Bonchev–Trinajstić information content (AvgIpc) is 2.94. The Bertz CT molecular complexity index is 1110. The van der Waals surface area contributed by atoms with Gasteiger partial charge in [-0.3, -0.25) is 4.90 Å². The number of aromatic nitrogens is 3. The number of allylic oxidation sites excluding steroid dienone is 1. The minimum Gasteiger partial charge on any atom is -0.494 e. The van der Waals surface area contributed by atoms with E-state index < -0.39 is 0 Å². The smallest absolute Gasteiger partial charge is 0.246 e. The van der Waals surface area contributed by atoms with E-state index in [9.17, 15) is 0 Å². The Kier molecular flexibility index (Phi) is 5.55. The Hall–Kier alpha value is -2.64. The summed E-state index contributed by atoms with van der Waals surface area (Å²) in [6.07, 6.45) is 6.64. The summed E-state index contributed by atoms with van der Waals surface area (Å²) in [7, 11) is 0. The molecular formula is C25H28N4O2S. The van der Waals surface area contributed by atoms with Crippen LogP contribution in [0.25, 0.3) is 5.57 Å². The van der Waals surface area contributed by atoms with Crippen molar-refractivity contribution in [1.29, 1.82) is 0 Å². The molecule has 3 heterocycles. The molecule has 32 heavy (non-hydrogen) atoms. The van der Waals surface area contributed by atoms with E-state index in [1.807, 2.05) is 25.1 Å². The van der Waals surface area contributed by atoms with Gasteiger partial charge in [-0.15, -0.1) is 10.2 Å². The molecule has 6 nitrogen and oxygen atoms in total. The predicted octanol–water partition coefficient (Wildman–Crippen LogP) is 4.86. The van der Waals surface area contributed by atoms with Crippen LogP contribution in [0.2, 0.25) is 0 Å². The highest BCUT2D eigenvalue weighted by atomic mass is 32.2. The van der Waals surface area contributed by atoms with Crippen molar-refractivity contribution in [3.63, 3.8) is 0 Å². The van der Waals surface area contributed by atoms with Gasteiger partial charge in [-0.2, -0.15) is 4.98 Å². The highest BCUT2D eigenvalue weighted by Crippen LogP contribution is 2.46. The van der Waals surface area contributed by atoms with Crippen LogP contribution in [0.4, 0.5) is 0 Å². The molecule has 166 valence electrons. The van der Waals surface area contributed by atoms with E-state index in [4.69, 9.17) is 14.5 Å². The number of benzene rings is 1. The number of rotatable bonds is 5. The largest absolute Gasteiger partial charge is 0.494 e. The lowest BCUT2D eigenvalue weighted by molar-refractivity contribution is 0.0247. The first-order valence-corrected chi connectivity index (χ1v) is 12.0. The van der Waals surface area contributed by atoms with Crippen LogP contribution in [0.3, 0.4) is 0 Å². The Morgan fingerprint density at radius 3 is 2.81 bits per heavy atom. The summed E-state index contributed by atoms with van der Waals surface area (Å²) in [6.45, 7) is 9.73. The van der Waals surface area contributed by atoms with Crippen molar-refractivity contribution in [1.82, 2.24) is 20.1 Å². The van der Waals surface area contributed by atoms with Crippen molar-refractivity contribution in [2.45, 2.75) is 50.2 Å². The molecule has 2 atom stereocenters. The molecule has 0 spiro atoms. The first-order valence-electron chi connectivity index (χ1n) is 11.0. The standard InChI is InChI=1S/C25H28N4O2S/c1-5-30-18-11-19-16(2)13-25(3,4)29-15-31-23-21(20(12-18)22(19)29)27-28-24(26-23)32-14-17-9-7-6-8-10-17/h6-13,19,22H,5,14-15H2,1-4H3. The summed E-state index contributed by atoms with van der Waals surface area (Å²) < 4.78 is 12.2. The van der Waals surface area contributed by atoms with Gasteiger partial charge in [0.15, 0.2) is 5.69 Å². The van der Waals surface area contributed by atoms with Crippen LogP contribution in [0.15, 0.2) is 65.0 Å². The fraction of sp³-hybridized carbons (Fsp3) is 0.400. The van der Waals surface area contributed by atoms with E-state index in [1.54, 1.807) is 11.8 Å². The van der Waals surface area contributed by atoms with Crippen molar-refractivity contribution >= 4 is 17.3 Å². The third kappa shape index (κ3) is 3.84. The number of fused-ring (bicyclic) bond motifs is 2. The molecule has 0 N–H and O–H groups in total. The van der Waals surface area contributed by atoms with Gasteiger partial charge in [0, 0.05) is 22.8 Å². The van der Waals surface area contributed by atoms with Gasteiger partial charge in [0.2, 0.25) is 11.0 Å².